The zero-order chi connectivity index (χ0) is 19.7. The van der Waals surface area contributed by atoms with E-state index in [1.54, 1.807) is 40.9 Å². The number of benzene rings is 2. The van der Waals surface area contributed by atoms with Gasteiger partial charge in [0.05, 0.1) is 11.6 Å². The third-order valence-electron chi connectivity index (χ3n) is 5.45. The van der Waals surface area contributed by atoms with Gasteiger partial charge in [-0.3, -0.25) is 14.5 Å². The molecule has 2 aliphatic rings. The first-order chi connectivity index (χ1) is 13.6. The fourth-order valence-corrected chi connectivity index (χ4v) is 4.51. The monoisotopic (exact) mass is 388 g/mol. The lowest BCUT2D eigenvalue weighted by atomic mass is 9.77. The molecule has 1 atom stereocenters. The maximum absolute atomic E-state index is 13.1. The molecule has 1 aliphatic heterocycles. The van der Waals surface area contributed by atoms with Crippen molar-refractivity contribution >= 4 is 29.1 Å². The van der Waals surface area contributed by atoms with Crippen molar-refractivity contribution in [2.24, 2.45) is 0 Å². The molecular formula is C23H20N2O2S. The molecule has 0 spiro atoms. The molecule has 4 nitrogen and oxygen atoms in total. The predicted octanol–water partition coefficient (Wildman–Crippen LogP) is 4.81. The number of allylic oxidation sites excluding steroid dienone is 2. The van der Waals surface area contributed by atoms with Crippen molar-refractivity contribution in [3.8, 4) is 6.07 Å². The second-order valence-corrected chi connectivity index (χ2v) is 7.93. The average Bonchev–Trinajstić information content (AvgIpc) is 2.73. The van der Waals surface area contributed by atoms with Crippen LogP contribution in [0.4, 0.5) is 5.69 Å². The van der Waals surface area contributed by atoms with E-state index in [1.807, 2.05) is 30.5 Å². The summed E-state index contributed by atoms with van der Waals surface area (Å²) in [5.41, 5.74) is 3.91. The van der Waals surface area contributed by atoms with Gasteiger partial charge in [-0.1, -0.05) is 12.1 Å². The minimum Gasteiger partial charge on any atom is -0.294 e. The number of rotatable bonds is 3. The quantitative estimate of drug-likeness (QED) is 0.708. The van der Waals surface area contributed by atoms with E-state index < -0.39 is 0 Å². The fourth-order valence-electron chi connectivity index (χ4n) is 4.10. The Hall–Kier alpha value is -2.84. The van der Waals surface area contributed by atoms with Crippen molar-refractivity contribution < 1.29 is 9.59 Å². The van der Waals surface area contributed by atoms with Crippen LogP contribution >= 0.6 is 11.8 Å². The third-order valence-corrected chi connectivity index (χ3v) is 6.19. The first-order valence-electron chi connectivity index (χ1n) is 9.35. The summed E-state index contributed by atoms with van der Waals surface area (Å²) in [4.78, 5) is 28.9. The van der Waals surface area contributed by atoms with Crippen molar-refractivity contribution in [2.45, 2.75) is 36.5 Å². The van der Waals surface area contributed by atoms with Gasteiger partial charge in [0.15, 0.2) is 5.78 Å². The van der Waals surface area contributed by atoms with Gasteiger partial charge in [-0.15, -0.1) is 11.8 Å². The van der Waals surface area contributed by atoms with Gasteiger partial charge in [0, 0.05) is 40.6 Å². The number of carbonyl (C=O) groups excluding carboxylic acids is 2. The normalized spacial score (nSPS) is 19.4. The zero-order valence-corrected chi connectivity index (χ0v) is 16.5. The highest BCUT2D eigenvalue weighted by atomic mass is 32.2. The van der Waals surface area contributed by atoms with Crippen LogP contribution in [0.25, 0.3) is 0 Å². The standard InChI is InChI=1S/C23H20N2O2S/c1-28-18-11-7-16(8-12-18)19-13-22(27)25(17-9-5-15(14-24)6-10-17)20-3-2-4-21(26)23(19)20/h5-12,19H,2-4,13H2,1H3. The third kappa shape index (κ3) is 3.25. The van der Waals surface area contributed by atoms with E-state index in [4.69, 9.17) is 5.26 Å². The molecule has 4 rings (SSSR count). The number of thioether (sulfide) groups is 1. The number of anilines is 1. The van der Waals surface area contributed by atoms with Crippen molar-refractivity contribution in [3.63, 3.8) is 0 Å². The molecule has 2 aromatic rings. The largest absolute Gasteiger partial charge is 0.294 e. The van der Waals surface area contributed by atoms with Gasteiger partial charge < -0.3 is 0 Å². The Labute approximate surface area is 168 Å². The molecule has 5 heteroatoms. The highest BCUT2D eigenvalue weighted by Crippen LogP contribution is 2.43. The summed E-state index contributed by atoms with van der Waals surface area (Å²) in [5, 5.41) is 9.03. The number of ketones is 1. The van der Waals surface area contributed by atoms with Crippen molar-refractivity contribution in [3.05, 3.63) is 70.9 Å². The first kappa shape index (κ1) is 18.5. The van der Waals surface area contributed by atoms with Gasteiger partial charge in [0.2, 0.25) is 5.91 Å². The summed E-state index contributed by atoms with van der Waals surface area (Å²) >= 11 is 1.67. The van der Waals surface area contributed by atoms with E-state index in [0.717, 1.165) is 33.8 Å². The number of carbonyl (C=O) groups is 2. The van der Waals surface area contributed by atoms with Crippen molar-refractivity contribution in [2.75, 3.05) is 11.2 Å². The molecule has 0 radical (unpaired) electrons. The topological polar surface area (TPSA) is 61.2 Å². The molecule has 1 aliphatic carbocycles. The second kappa shape index (κ2) is 7.65. The molecule has 1 heterocycles. The molecule has 0 N–H and O–H groups in total. The number of nitriles is 1. The Bertz CT molecular complexity index is 1000. The Kier molecular flexibility index (Phi) is 5.06. The molecule has 0 fully saturated rings. The second-order valence-electron chi connectivity index (χ2n) is 7.05. The Morgan fingerprint density at radius 1 is 1.04 bits per heavy atom. The number of Topliss-reactive ketones (excluding diaryl/α,β-unsaturated/α-hetero) is 1. The first-order valence-corrected chi connectivity index (χ1v) is 10.6. The van der Waals surface area contributed by atoms with Crippen molar-refractivity contribution in [1.82, 2.24) is 0 Å². The molecule has 28 heavy (non-hydrogen) atoms. The lowest BCUT2D eigenvalue weighted by Crippen LogP contribution is -2.40. The van der Waals surface area contributed by atoms with Crippen molar-refractivity contribution in [1.29, 1.82) is 5.26 Å². The van der Waals surface area contributed by atoms with Gasteiger partial charge in [0.25, 0.3) is 0 Å². The molecule has 140 valence electrons. The molecule has 1 amide bonds. The summed E-state index contributed by atoms with van der Waals surface area (Å²) in [7, 11) is 0. The summed E-state index contributed by atoms with van der Waals surface area (Å²) in [6, 6.07) is 17.3. The minimum absolute atomic E-state index is 0.00268. The molecule has 1 unspecified atom stereocenters. The van der Waals surface area contributed by atoms with E-state index in [-0.39, 0.29) is 24.0 Å². The van der Waals surface area contributed by atoms with E-state index in [9.17, 15) is 9.59 Å². The maximum atomic E-state index is 13.1. The number of hydrogen-bond donors (Lipinski definition) is 0. The molecule has 0 aromatic heterocycles. The SMILES string of the molecule is CSc1ccc(C2CC(=O)N(c3ccc(C#N)cc3)C3=C2C(=O)CCC3)cc1. The zero-order valence-electron chi connectivity index (χ0n) is 15.6. The Morgan fingerprint density at radius 3 is 2.39 bits per heavy atom. The molecule has 0 saturated carbocycles. The van der Waals surface area contributed by atoms with Gasteiger partial charge in [-0.25, -0.2) is 0 Å². The lowest BCUT2D eigenvalue weighted by molar-refractivity contribution is -0.119. The summed E-state index contributed by atoms with van der Waals surface area (Å²) in [5.74, 6) is -0.0377. The van der Waals surface area contributed by atoms with Crippen LogP contribution in [0, 0.1) is 11.3 Å². The van der Waals surface area contributed by atoms with Crippen LogP contribution in [0.1, 0.15) is 42.7 Å². The molecule has 0 saturated heterocycles. The van der Waals surface area contributed by atoms with E-state index >= 15 is 0 Å². The van der Waals surface area contributed by atoms with Crippen LogP contribution in [-0.2, 0) is 9.59 Å². The van der Waals surface area contributed by atoms with E-state index in [1.165, 1.54) is 0 Å². The number of amides is 1. The van der Waals surface area contributed by atoms with Crippen LogP contribution in [-0.4, -0.2) is 17.9 Å². The minimum atomic E-state index is -0.180. The Morgan fingerprint density at radius 2 is 1.75 bits per heavy atom. The van der Waals surface area contributed by atoms with Gasteiger partial charge in [0.1, 0.15) is 0 Å². The molecule has 2 aromatic carbocycles. The van der Waals surface area contributed by atoms with E-state index in [0.29, 0.717) is 18.4 Å². The average molecular weight is 388 g/mol. The van der Waals surface area contributed by atoms with Crippen LogP contribution in [0.2, 0.25) is 0 Å². The highest BCUT2D eigenvalue weighted by molar-refractivity contribution is 7.98. The van der Waals surface area contributed by atoms with Gasteiger partial charge in [-0.2, -0.15) is 5.26 Å². The summed E-state index contributed by atoms with van der Waals surface area (Å²) in [6.07, 6.45) is 4.32. The lowest BCUT2D eigenvalue weighted by Gasteiger charge is -2.38. The number of nitrogens with zero attached hydrogens (tertiary/aromatic N) is 2. The van der Waals surface area contributed by atoms with Gasteiger partial charge >= 0.3 is 0 Å². The Balaban J connectivity index is 1.80. The van der Waals surface area contributed by atoms with Crippen LogP contribution < -0.4 is 4.90 Å². The number of hydrogen-bond acceptors (Lipinski definition) is 4. The maximum Gasteiger partial charge on any atom is 0.232 e. The molecular weight excluding hydrogens is 368 g/mol. The smallest absolute Gasteiger partial charge is 0.232 e. The summed E-state index contributed by atoms with van der Waals surface area (Å²) in [6.45, 7) is 0. The van der Waals surface area contributed by atoms with Crippen LogP contribution in [0.15, 0.2) is 64.7 Å². The summed E-state index contributed by atoms with van der Waals surface area (Å²) < 4.78 is 0. The molecule has 0 bridgehead atoms. The fraction of sp³-hybridized carbons (Fsp3) is 0.261. The predicted molar refractivity (Wildman–Crippen MR) is 110 cm³/mol. The van der Waals surface area contributed by atoms with Gasteiger partial charge in [-0.05, 0) is 61.1 Å². The van der Waals surface area contributed by atoms with E-state index in [2.05, 4.69) is 6.07 Å². The van der Waals surface area contributed by atoms with Crippen LogP contribution in [0.5, 0.6) is 0 Å². The van der Waals surface area contributed by atoms with Crippen LogP contribution in [0.3, 0.4) is 0 Å². The highest BCUT2D eigenvalue weighted by Gasteiger charge is 2.39.